The van der Waals surface area contributed by atoms with Gasteiger partial charge in [0.25, 0.3) is 0 Å². The zero-order chi connectivity index (χ0) is 18.9. The van der Waals surface area contributed by atoms with Crippen LogP contribution in [0.4, 0.5) is 0 Å². The normalized spacial score (nSPS) is 11.1. The first-order valence-electron chi connectivity index (χ1n) is 9.21. The van der Waals surface area contributed by atoms with E-state index in [0.717, 1.165) is 42.7 Å². The van der Waals surface area contributed by atoms with E-state index in [-0.39, 0.29) is 5.91 Å². The van der Waals surface area contributed by atoms with Gasteiger partial charge in [0.05, 0.1) is 5.75 Å². The Kier molecular flexibility index (Phi) is 8.12. The minimum absolute atomic E-state index is 0.0323. The number of aromatic nitrogens is 3. The molecule has 2 rings (SSSR count). The molecular formula is C19H29N5OS. The third kappa shape index (κ3) is 5.57. The monoisotopic (exact) mass is 375 g/mol. The highest BCUT2D eigenvalue weighted by atomic mass is 32.2. The summed E-state index contributed by atoms with van der Waals surface area (Å²) in [7, 11) is 0. The molecule has 1 amide bonds. The minimum atomic E-state index is 0.0323. The summed E-state index contributed by atoms with van der Waals surface area (Å²) < 4.78 is 2.06. The Morgan fingerprint density at radius 1 is 1.23 bits per heavy atom. The molecule has 7 heteroatoms. The predicted molar refractivity (Wildman–Crippen MR) is 107 cm³/mol. The summed E-state index contributed by atoms with van der Waals surface area (Å²) in [6, 6.07) is 8.23. The van der Waals surface area contributed by atoms with Crippen molar-refractivity contribution in [3.8, 4) is 11.4 Å². The van der Waals surface area contributed by atoms with Crippen molar-refractivity contribution in [2.45, 2.75) is 39.4 Å². The van der Waals surface area contributed by atoms with Gasteiger partial charge in [-0.25, -0.2) is 0 Å². The standard InChI is InChI=1S/C19H29N5OS/c1-5-23(6-2)12-11-20-17(25)14-26-19-22-21-18(24(19)7-3)16-10-8-9-15(4)13-16/h8-10,13H,5-7,11-12,14H2,1-4H3,(H,20,25). The molecular weight excluding hydrogens is 346 g/mol. The number of likely N-dealkylation sites (N-methyl/N-ethyl adjacent to an activating group) is 1. The van der Waals surface area contributed by atoms with E-state index in [1.54, 1.807) is 0 Å². The highest BCUT2D eigenvalue weighted by Crippen LogP contribution is 2.24. The largest absolute Gasteiger partial charge is 0.354 e. The average molecular weight is 376 g/mol. The molecule has 0 saturated carbocycles. The average Bonchev–Trinajstić information content (AvgIpc) is 3.06. The Bertz CT molecular complexity index is 712. The minimum Gasteiger partial charge on any atom is -0.354 e. The number of nitrogens with zero attached hydrogens (tertiary/aromatic N) is 4. The summed E-state index contributed by atoms with van der Waals surface area (Å²) in [5.41, 5.74) is 2.24. The van der Waals surface area contributed by atoms with Crippen molar-refractivity contribution in [3.63, 3.8) is 0 Å². The fourth-order valence-electron chi connectivity index (χ4n) is 2.75. The summed E-state index contributed by atoms with van der Waals surface area (Å²) in [5.74, 6) is 1.23. The van der Waals surface area contributed by atoms with E-state index in [4.69, 9.17) is 0 Å². The molecule has 2 aromatic rings. The molecule has 0 spiro atoms. The molecule has 0 atom stereocenters. The number of rotatable bonds is 10. The van der Waals surface area contributed by atoms with Crippen LogP contribution in [0.2, 0.25) is 0 Å². The third-order valence-electron chi connectivity index (χ3n) is 4.29. The molecule has 0 unspecified atom stereocenters. The second kappa shape index (κ2) is 10.3. The van der Waals surface area contributed by atoms with Crippen molar-refractivity contribution in [2.75, 3.05) is 31.9 Å². The van der Waals surface area contributed by atoms with Crippen LogP contribution in [-0.2, 0) is 11.3 Å². The molecule has 0 bridgehead atoms. The molecule has 1 heterocycles. The molecule has 142 valence electrons. The number of nitrogens with one attached hydrogen (secondary N) is 1. The van der Waals surface area contributed by atoms with Crippen molar-refractivity contribution in [3.05, 3.63) is 29.8 Å². The SMILES string of the molecule is CCN(CC)CCNC(=O)CSc1nnc(-c2cccc(C)c2)n1CC. The number of amides is 1. The molecule has 0 saturated heterocycles. The van der Waals surface area contributed by atoms with E-state index < -0.39 is 0 Å². The van der Waals surface area contributed by atoms with Gasteiger partial charge in [-0.3, -0.25) is 4.79 Å². The number of benzene rings is 1. The van der Waals surface area contributed by atoms with Gasteiger partial charge in [0.1, 0.15) is 0 Å². The fraction of sp³-hybridized carbons (Fsp3) is 0.526. The maximum atomic E-state index is 12.1. The number of hydrogen-bond donors (Lipinski definition) is 1. The van der Waals surface area contributed by atoms with E-state index >= 15 is 0 Å². The van der Waals surface area contributed by atoms with E-state index in [9.17, 15) is 4.79 Å². The van der Waals surface area contributed by atoms with Gasteiger partial charge in [0.15, 0.2) is 11.0 Å². The summed E-state index contributed by atoms with van der Waals surface area (Å²) in [6.07, 6.45) is 0. The molecule has 0 radical (unpaired) electrons. The zero-order valence-electron chi connectivity index (χ0n) is 16.2. The van der Waals surface area contributed by atoms with Gasteiger partial charge in [-0.15, -0.1) is 10.2 Å². The van der Waals surface area contributed by atoms with Crippen LogP contribution in [0.5, 0.6) is 0 Å². The Labute approximate surface area is 160 Å². The topological polar surface area (TPSA) is 63.1 Å². The molecule has 1 N–H and O–H groups in total. The molecule has 1 aromatic carbocycles. The van der Waals surface area contributed by atoms with Crippen molar-refractivity contribution in [1.82, 2.24) is 25.0 Å². The zero-order valence-corrected chi connectivity index (χ0v) is 17.0. The van der Waals surface area contributed by atoms with Crippen LogP contribution in [0.3, 0.4) is 0 Å². The lowest BCUT2D eigenvalue weighted by Crippen LogP contribution is -2.35. The van der Waals surface area contributed by atoms with Gasteiger partial charge in [0.2, 0.25) is 5.91 Å². The van der Waals surface area contributed by atoms with Crippen molar-refractivity contribution >= 4 is 17.7 Å². The first-order valence-corrected chi connectivity index (χ1v) is 10.2. The molecule has 26 heavy (non-hydrogen) atoms. The van der Waals surface area contributed by atoms with Gasteiger partial charge in [-0.05, 0) is 33.0 Å². The Morgan fingerprint density at radius 3 is 2.65 bits per heavy atom. The lowest BCUT2D eigenvalue weighted by atomic mass is 10.1. The number of thioether (sulfide) groups is 1. The van der Waals surface area contributed by atoms with E-state index in [0.29, 0.717) is 12.3 Å². The summed E-state index contributed by atoms with van der Waals surface area (Å²) in [4.78, 5) is 14.4. The molecule has 1 aromatic heterocycles. The van der Waals surface area contributed by atoms with Crippen molar-refractivity contribution in [1.29, 1.82) is 0 Å². The summed E-state index contributed by atoms with van der Waals surface area (Å²) in [6.45, 7) is 12.7. The first-order chi connectivity index (χ1) is 12.6. The fourth-order valence-corrected chi connectivity index (χ4v) is 3.58. The van der Waals surface area contributed by atoms with Gasteiger partial charge in [-0.2, -0.15) is 0 Å². The van der Waals surface area contributed by atoms with Crippen LogP contribution in [-0.4, -0.2) is 57.5 Å². The summed E-state index contributed by atoms with van der Waals surface area (Å²) in [5, 5.41) is 12.4. The maximum absolute atomic E-state index is 12.1. The second-order valence-corrected chi connectivity index (χ2v) is 7.03. The Morgan fingerprint density at radius 2 is 2.00 bits per heavy atom. The Hall–Kier alpha value is -1.86. The summed E-state index contributed by atoms with van der Waals surface area (Å²) >= 11 is 1.43. The third-order valence-corrected chi connectivity index (χ3v) is 5.25. The van der Waals surface area contributed by atoms with Crippen LogP contribution in [0.25, 0.3) is 11.4 Å². The number of hydrogen-bond acceptors (Lipinski definition) is 5. The molecule has 0 aliphatic heterocycles. The van der Waals surface area contributed by atoms with Crippen LogP contribution >= 0.6 is 11.8 Å². The van der Waals surface area contributed by atoms with Crippen LogP contribution in [0.15, 0.2) is 29.4 Å². The van der Waals surface area contributed by atoms with Gasteiger partial charge < -0.3 is 14.8 Å². The van der Waals surface area contributed by atoms with E-state index in [2.05, 4.69) is 64.8 Å². The molecule has 6 nitrogen and oxygen atoms in total. The van der Waals surface area contributed by atoms with Gasteiger partial charge >= 0.3 is 0 Å². The quantitative estimate of drug-likeness (QED) is 0.647. The van der Waals surface area contributed by atoms with Crippen LogP contribution in [0, 0.1) is 6.92 Å². The van der Waals surface area contributed by atoms with Crippen LogP contribution in [0.1, 0.15) is 26.3 Å². The van der Waals surface area contributed by atoms with Gasteiger partial charge in [0, 0.05) is 25.2 Å². The predicted octanol–water partition coefficient (Wildman–Crippen LogP) is 2.82. The lowest BCUT2D eigenvalue weighted by Gasteiger charge is -2.17. The van der Waals surface area contributed by atoms with Crippen molar-refractivity contribution in [2.24, 2.45) is 0 Å². The maximum Gasteiger partial charge on any atom is 0.230 e. The highest BCUT2D eigenvalue weighted by molar-refractivity contribution is 7.99. The van der Waals surface area contributed by atoms with E-state index in [1.807, 2.05) is 12.1 Å². The van der Waals surface area contributed by atoms with E-state index in [1.165, 1.54) is 17.3 Å². The lowest BCUT2D eigenvalue weighted by molar-refractivity contribution is -0.118. The van der Waals surface area contributed by atoms with Gasteiger partial charge in [-0.1, -0.05) is 49.4 Å². The number of carbonyl (C=O) groups is 1. The number of aryl methyl sites for hydroxylation is 1. The highest BCUT2D eigenvalue weighted by Gasteiger charge is 2.14. The molecule has 0 fully saturated rings. The van der Waals surface area contributed by atoms with Crippen LogP contribution < -0.4 is 5.32 Å². The first kappa shape index (κ1) is 20.5. The second-order valence-electron chi connectivity index (χ2n) is 6.09. The van der Waals surface area contributed by atoms with Crippen molar-refractivity contribution < 1.29 is 4.79 Å². The molecule has 0 aliphatic carbocycles. The smallest absolute Gasteiger partial charge is 0.230 e. The Balaban J connectivity index is 1.93. The molecule has 0 aliphatic rings. The number of carbonyl (C=O) groups excluding carboxylic acids is 1.